The number of rotatable bonds is 6. The van der Waals surface area contributed by atoms with Gasteiger partial charge in [0, 0.05) is 24.3 Å². The molecule has 0 aliphatic carbocycles. The average Bonchev–Trinajstić information content (AvgIpc) is 2.97. The number of fused-ring (bicyclic) bond motifs is 1. The van der Waals surface area contributed by atoms with Gasteiger partial charge < -0.3 is 19.7 Å². The van der Waals surface area contributed by atoms with E-state index in [1.54, 1.807) is 6.92 Å². The molecule has 0 bridgehead atoms. The van der Waals surface area contributed by atoms with Crippen molar-refractivity contribution < 1.29 is 19.1 Å². The molecule has 0 saturated carbocycles. The number of carbonyl (C=O) groups excluding carboxylic acids is 2. The first-order chi connectivity index (χ1) is 12.9. The molecule has 2 aliphatic heterocycles. The summed E-state index contributed by atoms with van der Waals surface area (Å²) < 4.78 is 11.1. The molecule has 3 heterocycles. The normalized spacial score (nSPS) is 19.4. The molecule has 0 radical (unpaired) electrons. The summed E-state index contributed by atoms with van der Waals surface area (Å²) in [5, 5.41) is 3.57. The summed E-state index contributed by atoms with van der Waals surface area (Å²) in [5.74, 6) is -0.413. The first kappa shape index (κ1) is 20.3. The summed E-state index contributed by atoms with van der Waals surface area (Å²) in [6.07, 6.45) is 4.78. The number of carbonyl (C=O) groups is 2. The van der Waals surface area contributed by atoms with Crippen molar-refractivity contribution in [2.24, 2.45) is 0 Å². The molecule has 1 saturated heterocycles. The lowest BCUT2D eigenvalue weighted by Gasteiger charge is -2.30. The Hall–Kier alpha value is -1.44. The average molecular weight is 395 g/mol. The Labute approximate surface area is 165 Å². The monoisotopic (exact) mass is 394 g/mol. The molecule has 0 unspecified atom stereocenters. The zero-order valence-electron chi connectivity index (χ0n) is 16.6. The van der Waals surface area contributed by atoms with E-state index in [0.717, 1.165) is 30.1 Å². The van der Waals surface area contributed by atoms with E-state index in [2.05, 4.69) is 10.2 Å². The van der Waals surface area contributed by atoms with Gasteiger partial charge in [-0.3, -0.25) is 4.79 Å². The minimum Gasteiger partial charge on any atom is -0.462 e. The van der Waals surface area contributed by atoms with Crippen LogP contribution in [0.4, 0.5) is 5.00 Å². The van der Waals surface area contributed by atoms with Crippen molar-refractivity contribution in [1.29, 1.82) is 0 Å². The zero-order chi connectivity index (χ0) is 19.4. The highest BCUT2D eigenvalue weighted by molar-refractivity contribution is 7.17. The van der Waals surface area contributed by atoms with Crippen molar-refractivity contribution in [3.8, 4) is 0 Å². The number of amides is 1. The van der Waals surface area contributed by atoms with Crippen molar-refractivity contribution in [1.82, 2.24) is 4.90 Å². The van der Waals surface area contributed by atoms with Crippen LogP contribution < -0.4 is 5.32 Å². The maximum absolute atomic E-state index is 12.6. The SMILES string of the molecule is CCOC(=O)c1c(NC(=O)CCN2CCCCC2)sc2c1CC(C)(C)OC2. The van der Waals surface area contributed by atoms with E-state index in [1.807, 2.05) is 13.8 Å². The minimum atomic E-state index is -0.362. The summed E-state index contributed by atoms with van der Waals surface area (Å²) in [7, 11) is 0. The Morgan fingerprint density at radius 3 is 2.70 bits per heavy atom. The van der Waals surface area contributed by atoms with Gasteiger partial charge in [0.25, 0.3) is 0 Å². The van der Waals surface area contributed by atoms with Gasteiger partial charge in [-0.25, -0.2) is 4.79 Å². The van der Waals surface area contributed by atoms with Crippen molar-refractivity contribution in [2.75, 3.05) is 31.6 Å². The molecule has 3 rings (SSSR count). The second kappa shape index (κ2) is 8.71. The molecule has 1 fully saturated rings. The van der Waals surface area contributed by atoms with Crippen LogP contribution in [-0.4, -0.2) is 48.6 Å². The predicted molar refractivity (Wildman–Crippen MR) is 106 cm³/mol. The maximum atomic E-state index is 12.6. The van der Waals surface area contributed by atoms with Gasteiger partial charge >= 0.3 is 5.97 Å². The van der Waals surface area contributed by atoms with Crippen LogP contribution in [0.15, 0.2) is 0 Å². The number of piperidine rings is 1. The maximum Gasteiger partial charge on any atom is 0.341 e. The lowest BCUT2D eigenvalue weighted by Crippen LogP contribution is -2.32. The largest absolute Gasteiger partial charge is 0.462 e. The highest BCUT2D eigenvalue weighted by Crippen LogP contribution is 2.40. The van der Waals surface area contributed by atoms with E-state index < -0.39 is 0 Å². The van der Waals surface area contributed by atoms with Gasteiger partial charge in [0.2, 0.25) is 5.91 Å². The molecule has 1 N–H and O–H groups in total. The highest BCUT2D eigenvalue weighted by atomic mass is 32.1. The molecule has 7 heteroatoms. The van der Waals surface area contributed by atoms with Crippen molar-refractivity contribution in [2.45, 2.75) is 65.1 Å². The first-order valence-electron chi connectivity index (χ1n) is 9.87. The standard InChI is InChI=1S/C20H30N2O4S/c1-4-25-19(24)17-14-12-20(2,3)26-13-15(14)27-18(17)21-16(23)8-11-22-9-6-5-7-10-22/h4-13H2,1-3H3,(H,21,23). The van der Waals surface area contributed by atoms with E-state index >= 15 is 0 Å². The molecule has 0 atom stereocenters. The number of esters is 1. The van der Waals surface area contributed by atoms with E-state index in [1.165, 1.54) is 30.6 Å². The van der Waals surface area contributed by atoms with Crippen LogP contribution in [0.3, 0.4) is 0 Å². The van der Waals surface area contributed by atoms with Gasteiger partial charge in [-0.15, -0.1) is 11.3 Å². The lowest BCUT2D eigenvalue weighted by atomic mass is 9.93. The Morgan fingerprint density at radius 1 is 1.26 bits per heavy atom. The third kappa shape index (κ3) is 5.09. The number of nitrogens with zero attached hydrogens (tertiary/aromatic N) is 1. The number of anilines is 1. The van der Waals surface area contributed by atoms with E-state index in [0.29, 0.717) is 36.6 Å². The third-order valence-electron chi connectivity index (χ3n) is 5.12. The van der Waals surface area contributed by atoms with Crippen molar-refractivity contribution in [3.63, 3.8) is 0 Å². The van der Waals surface area contributed by atoms with Gasteiger partial charge in [-0.2, -0.15) is 0 Å². The smallest absolute Gasteiger partial charge is 0.341 e. The number of ether oxygens (including phenoxy) is 2. The molecular weight excluding hydrogens is 364 g/mol. The van der Waals surface area contributed by atoms with Gasteiger partial charge in [-0.05, 0) is 52.3 Å². The number of hydrogen-bond donors (Lipinski definition) is 1. The molecule has 1 amide bonds. The molecule has 6 nitrogen and oxygen atoms in total. The van der Waals surface area contributed by atoms with Crippen LogP contribution in [0.25, 0.3) is 0 Å². The van der Waals surface area contributed by atoms with Crippen molar-refractivity contribution >= 4 is 28.2 Å². The number of hydrogen-bond acceptors (Lipinski definition) is 6. The summed E-state index contributed by atoms with van der Waals surface area (Å²) >= 11 is 1.44. The fraction of sp³-hybridized carbons (Fsp3) is 0.700. The molecule has 0 aromatic carbocycles. The zero-order valence-corrected chi connectivity index (χ0v) is 17.4. The molecule has 0 spiro atoms. The van der Waals surface area contributed by atoms with Crippen molar-refractivity contribution in [3.05, 3.63) is 16.0 Å². The second-order valence-corrected chi connectivity index (χ2v) is 8.96. The second-order valence-electron chi connectivity index (χ2n) is 7.85. The van der Waals surface area contributed by atoms with Gasteiger partial charge in [0.05, 0.1) is 24.4 Å². The quantitative estimate of drug-likeness (QED) is 0.747. The van der Waals surface area contributed by atoms with Crippen LogP contribution in [-0.2, 0) is 27.3 Å². The minimum absolute atomic E-state index is 0.0510. The van der Waals surface area contributed by atoms with Crippen LogP contribution in [0.2, 0.25) is 0 Å². The van der Waals surface area contributed by atoms with E-state index in [4.69, 9.17) is 9.47 Å². The molecule has 1 aromatic heterocycles. The first-order valence-corrected chi connectivity index (χ1v) is 10.7. The molecule has 150 valence electrons. The number of likely N-dealkylation sites (tertiary alicyclic amines) is 1. The highest BCUT2D eigenvalue weighted by Gasteiger charge is 2.34. The summed E-state index contributed by atoms with van der Waals surface area (Å²) in [6, 6.07) is 0. The van der Waals surface area contributed by atoms with E-state index in [9.17, 15) is 9.59 Å². The van der Waals surface area contributed by atoms with Gasteiger partial charge in [-0.1, -0.05) is 6.42 Å². The molecule has 2 aliphatic rings. The third-order valence-corrected chi connectivity index (χ3v) is 6.24. The van der Waals surface area contributed by atoms with Gasteiger partial charge in [0.15, 0.2) is 0 Å². The van der Waals surface area contributed by atoms with Crippen LogP contribution in [0.1, 0.15) is 67.3 Å². The molecular formula is C20H30N2O4S. The Bertz CT molecular complexity index is 692. The fourth-order valence-electron chi connectivity index (χ4n) is 3.69. The topological polar surface area (TPSA) is 67.9 Å². The van der Waals surface area contributed by atoms with Crippen LogP contribution in [0.5, 0.6) is 0 Å². The molecule has 1 aromatic rings. The molecule has 27 heavy (non-hydrogen) atoms. The van der Waals surface area contributed by atoms with Crippen LogP contribution in [0, 0.1) is 0 Å². The Balaban J connectivity index is 1.72. The van der Waals surface area contributed by atoms with Crippen LogP contribution >= 0.6 is 11.3 Å². The summed E-state index contributed by atoms with van der Waals surface area (Å²) in [6.45, 7) is 9.50. The van der Waals surface area contributed by atoms with Gasteiger partial charge in [0.1, 0.15) is 5.00 Å². The Kier molecular flexibility index (Phi) is 6.55. The summed E-state index contributed by atoms with van der Waals surface area (Å²) in [4.78, 5) is 28.4. The number of nitrogens with one attached hydrogen (secondary N) is 1. The Morgan fingerprint density at radius 2 is 2.00 bits per heavy atom. The number of thiophene rings is 1. The lowest BCUT2D eigenvalue weighted by molar-refractivity contribution is -0.116. The van der Waals surface area contributed by atoms with E-state index in [-0.39, 0.29) is 17.5 Å². The summed E-state index contributed by atoms with van der Waals surface area (Å²) in [5.41, 5.74) is 1.14. The predicted octanol–water partition coefficient (Wildman–Crippen LogP) is 3.59. The fourth-order valence-corrected chi connectivity index (χ4v) is 4.83.